The minimum Gasteiger partial charge on any atom is -0.494 e. The topological polar surface area (TPSA) is 102 Å². The van der Waals surface area contributed by atoms with E-state index in [1.54, 1.807) is 0 Å². The molecule has 32 heavy (non-hydrogen) atoms. The predicted octanol–water partition coefficient (Wildman–Crippen LogP) is 3.06. The third kappa shape index (κ3) is 3.11. The van der Waals surface area contributed by atoms with E-state index in [0.717, 1.165) is 46.1 Å². The molecule has 2 fully saturated rings. The van der Waals surface area contributed by atoms with Gasteiger partial charge in [0.15, 0.2) is 12.5 Å². The van der Waals surface area contributed by atoms with Gasteiger partial charge < -0.3 is 25.1 Å². The van der Waals surface area contributed by atoms with Crippen molar-refractivity contribution >= 4 is 49.9 Å². The summed E-state index contributed by atoms with van der Waals surface area (Å²) in [6.45, 7) is 1.43. The molecule has 2 aromatic carbocycles. The van der Waals surface area contributed by atoms with Gasteiger partial charge in [-0.25, -0.2) is 4.99 Å². The van der Waals surface area contributed by atoms with E-state index in [1.807, 2.05) is 47.4 Å². The van der Waals surface area contributed by atoms with E-state index in [9.17, 15) is 9.90 Å². The number of oxime groups is 1. The highest BCUT2D eigenvalue weighted by Gasteiger charge is 2.40. The SMILES string of the molecule is O=C(CON=C1C(c2c(O)[nH]c3ccc(Br)cc23)=Nc2ccccc21)N1C[C@@H]2C[C@H]1CN2. The second kappa shape index (κ2) is 7.46. The smallest absolute Gasteiger partial charge is 0.263 e. The van der Waals surface area contributed by atoms with Crippen LogP contribution in [-0.4, -0.2) is 64.1 Å². The molecule has 8 nitrogen and oxygen atoms in total. The molecule has 3 N–H and O–H groups in total. The number of nitrogens with zero attached hydrogens (tertiary/aromatic N) is 3. The Kier molecular flexibility index (Phi) is 4.55. The largest absolute Gasteiger partial charge is 0.494 e. The van der Waals surface area contributed by atoms with Crippen molar-refractivity contribution in [2.24, 2.45) is 10.1 Å². The number of piperazine rings is 1. The van der Waals surface area contributed by atoms with Crippen LogP contribution in [0.25, 0.3) is 10.9 Å². The van der Waals surface area contributed by atoms with Crippen LogP contribution in [0.5, 0.6) is 5.88 Å². The van der Waals surface area contributed by atoms with Crippen molar-refractivity contribution in [3.63, 3.8) is 0 Å². The first-order chi connectivity index (χ1) is 15.6. The molecule has 1 amide bonds. The summed E-state index contributed by atoms with van der Waals surface area (Å²) in [6.07, 6.45) is 1.000. The lowest BCUT2D eigenvalue weighted by Crippen LogP contribution is -2.47. The van der Waals surface area contributed by atoms with E-state index in [1.165, 1.54) is 0 Å². The molecule has 3 aliphatic heterocycles. The summed E-state index contributed by atoms with van der Waals surface area (Å²) in [4.78, 5) is 27.8. The molecule has 2 bridgehead atoms. The Balaban J connectivity index is 1.33. The van der Waals surface area contributed by atoms with Gasteiger partial charge in [0.05, 0.1) is 11.3 Å². The Morgan fingerprint density at radius 1 is 1.31 bits per heavy atom. The van der Waals surface area contributed by atoms with Gasteiger partial charge in [-0.05, 0) is 30.7 Å². The van der Waals surface area contributed by atoms with Gasteiger partial charge in [0.2, 0.25) is 0 Å². The fraction of sp³-hybridized carbons (Fsp3) is 0.261. The van der Waals surface area contributed by atoms with Crippen molar-refractivity contribution in [3.8, 4) is 5.88 Å². The quantitative estimate of drug-likeness (QED) is 0.486. The number of carbonyl (C=O) groups is 1. The monoisotopic (exact) mass is 493 g/mol. The Morgan fingerprint density at radius 3 is 3.00 bits per heavy atom. The molecule has 0 unspecified atom stereocenters. The van der Waals surface area contributed by atoms with E-state index < -0.39 is 0 Å². The molecule has 0 radical (unpaired) electrons. The summed E-state index contributed by atoms with van der Waals surface area (Å²) in [5.74, 6) is -0.0546. The number of rotatable bonds is 4. The number of para-hydroxylation sites is 1. The number of hydrogen-bond donors (Lipinski definition) is 3. The molecule has 9 heteroatoms. The van der Waals surface area contributed by atoms with Crippen LogP contribution >= 0.6 is 15.9 Å². The van der Waals surface area contributed by atoms with Crippen LogP contribution in [0.15, 0.2) is 57.1 Å². The highest BCUT2D eigenvalue weighted by Crippen LogP contribution is 2.36. The van der Waals surface area contributed by atoms with E-state index in [2.05, 4.69) is 31.4 Å². The standard InChI is InChI=1S/C23H20BrN5O3/c24-12-5-6-18-16(7-12)20(23(31)27-18)22-21(15-3-1-2-4-17(15)26-22)28-32-11-19(30)29-10-13-8-14(29)9-25-13/h1-7,13-14,25,27,31H,8-11H2/t13-,14-/m0/s1. The van der Waals surface area contributed by atoms with Crippen molar-refractivity contribution in [3.05, 3.63) is 58.1 Å². The van der Waals surface area contributed by atoms with Crippen LogP contribution in [0.3, 0.4) is 0 Å². The van der Waals surface area contributed by atoms with Gasteiger partial charge in [-0.15, -0.1) is 0 Å². The zero-order valence-electron chi connectivity index (χ0n) is 17.0. The summed E-state index contributed by atoms with van der Waals surface area (Å²) in [5, 5.41) is 19.2. The maximum atomic E-state index is 12.7. The van der Waals surface area contributed by atoms with Crippen LogP contribution in [-0.2, 0) is 9.63 Å². The lowest BCUT2D eigenvalue weighted by Gasteiger charge is -2.26. The van der Waals surface area contributed by atoms with E-state index in [4.69, 9.17) is 9.83 Å². The van der Waals surface area contributed by atoms with Crippen molar-refractivity contribution in [2.75, 3.05) is 19.7 Å². The zero-order valence-corrected chi connectivity index (χ0v) is 18.6. The number of hydrogen-bond acceptors (Lipinski definition) is 6. The molecule has 2 atom stereocenters. The first-order valence-electron chi connectivity index (χ1n) is 10.5. The van der Waals surface area contributed by atoms with Gasteiger partial charge >= 0.3 is 0 Å². The fourth-order valence-electron chi connectivity index (χ4n) is 4.83. The molecule has 2 saturated heterocycles. The fourth-order valence-corrected chi connectivity index (χ4v) is 5.19. The third-order valence-electron chi connectivity index (χ3n) is 6.31. The Bertz CT molecular complexity index is 1310. The molecule has 3 aromatic rings. The number of aromatic amines is 1. The van der Waals surface area contributed by atoms with Crippen LogP contribution in [0.2, 0.25) is 0 Å². The molecule has 6 rings (SSSR count). The number of H-pyrrole nitrogens is 1. The lowest BCUT2D eigenvalue weighted by atomic mass is 10.0. The molecule has 162 valence electrons. The summed E-state index contributed by atoms with van der Waals surface area (Å²) in [6, 6.07) is 13.9. The highest BCUT2D eigenvalue weighted by atomic mass is 79.9. The average Bonchev–Trinajstić information content (AvgIpc) is 3.55. The summed E-state index contributed by atoms with van der Waals surface area (Å²) < 4.78 is 0.885. The van der Waals surface area contributed by atoms with Crippen molar-refractivity contribution in [1.29, 1.82) is 0 Å². The highest BCUT2D eigenvalue weighted by molar-refractivity contribution is 9.10. The minimum atomic E-state index is -0.131. The van der Waals surface area contributed by atoms with E-state index >= 15 is 0 Å². The van der Waals surface area contributed by atoms with Crippen LogP contribution in [0.4, 0.5) is 5.69 Å². The Hall–Kier alpha value is -3.17. The van der Waals surface area contributed by atoms with Gasteiger partial charge in [-0.3, -0.25) is 4.79 Å². The summed E-state index contributed by atoms with van der Waals surface area (Å²) in [7, 11) is 0. The average molecular weight is 494 g/mol. The van der Waals surface area contributed by atoms with Gasteiger partial charge in [0, 0.05) is 46.1 Å². The molecular weight excluding hydrogens is 474 g/mol. The third-order valence-corrected chi connectivity index (χ3v) is 6.81. The van der Waals surface area contributed by atoms with E-state index in [-0.39, 0.29) is 24.4 Å². The molecule has 0 spiro atoms. The summed E-state index contributed by atoms with van der Waals surface area (Å²) >= 11 is 3.49. The number of benzene rings is 2. The van der Waals surface area contributed by atoms with Gasteiger partial charge in [-0.2, -0.15) is 0 Å². The number of aliphatic imine (C=N–C) groups is 1. The van der Waals surface area contributed by atoms with Crippen LogP contribution < -0.4 is 5.32 Å². The summed E-state index contributed by atoms with van der Waals surface area (Å²) in [5.41, 5.74) is 3.87. The molecule has 0 aliphatic carbocycles. The van der Waals surface area contributed by atoms with Crippen molar-refractivity contribution in [2.45, 2.75) is 18.5 Å². The van der Waals surface area contributed by atoms with Crippen molar-refractivity contribution in [1.82, 2.24) is 15.2 Å². The lowest BCUT2D eigenvalue weighted by molar-refractivity contribution is -0.137. The second-order valence-corrected chi connectivity index (χ2v) is 9.19. The second-order valence-electron chi connectivity index (χ2n) is 8.27. The number of aromatic hydroxyl groups is 1. The van der Waals surface area contributed by atoms with Crippen molar-refractivity contribution < 1.29 is 14.7 Å². The van der Waals surface area contributed by atoms with E-state index in [0.29, 0.717) is 23.0 Å². The van der Waals surface area contributed by atoms with Gasteiger partial charge in [0.25, 0.3) is 5.91 Å². The van der Waals surface area contributed by atoms with Crippen LogP contribution in [0.1, 0.15) is 17.5 Å². The number of halogens is 1. The number of likely N-dealkylation sites (tertiary alicyclic amines) is 1. The normalized spacial score (nSPS) is 22.6. The van der Waals surface area contributed by atoms with Gasteiger partial charge in [-0.1, -0.05) is 39.3 Å². The molecular formula is C23H20BrN5O3. The molecule has 1 aromatic heterocycles. The Labute approximate surface area is 192 Å². The molecule has 0 saturated carbocycles. The number of aromatic nitrogens is 1. The predicted molar refractivity (Wildman–Crippen MR) is 125 cm³/mol. The first-order valence-corrected chi connectivity index (χ1v) is 11.3. The number of amides is 1. The minimum absolute atomic E-state index is 0.00836. The first kappa shape index (κ1) is 19.5. The maximum Gasteiger partial charge on any atom is 0.263 e. The van der Waals surface area contributed by atoms with Crippen LogP contribution in [0, 0.1) is 0 Å². The maximum absolute atomic E-state index is 12.7. The number of fused-ring (bicyclic) bond motifs is 4. The Morgan fingerprint density at radius 2 is 2.19 bits per heavy atom. The zero-order chi connectivity index (χ0) is 21.8. The van der Waals surface area contributed by atoms with Gasteiger partial charge in [0.1, 0.15) is 11.4 Å². The number of carbonyl (C=O) groups excluding carboxylic acids is 1. The molecule has 3 aliphatic rings. The molecule has 4 heterocycles. The number of nitrogens with one attached hydrogen (secondary N) is 2.